The summed E-state index contributed by atoms with van der Waals surface area (Å²) in [6, 6.07) is 7.54. The molecule has 0 N–H and O–H groups in total. The van der Waals surface area contributed by atoms with Crippen LogP contribution in [-0.4, -0.2) is 22.8 Å². The van der Waals surface area contributed by atoms with Crippen molar-refractivity contribution in [3.63, 3.8) is 0 Å². The summed E-state index contributed by atoms with van der Waals surface area (Å²) < 4.78 is 25.3. The third kappa shape index (κ3) is 5.63. The van der Waals surface area contributed by atoms with E-state index in [0.717, 1.165) is 41.6 Å². The molecule has 0 radical (unpaired) electrons. The number of thiophene rings is 1. The number of benzene rings is 1. The molecule has 1 aromatic carbocycles. The summed E-state index contributed by atoms with van der Waals surface area (Å²) in [7, 11) is 0. The van der Waals surface area contributed by atoms with Crippen LogP contribution < -0.4 is 9.47 Å². The number of hydrogen-bond donors (Lipinski definition) is 0. The molecule has 1 aliphatic rings. The van der Waals surface area contributed by atoms with Crippen molar-refractivity contribution in [3.05, 3.63) is 57.1 Å². The fourth-order valence-electron chi connectivity index (χ4n) is 4.11. The minimum absolute atomic E-state index is 0.121. The van der Waals surface area contributed by atoms with Crippen molar-refractivity contribution in [2.24, 2.45) is 16.3 Å². The van der Waals surface area contributed by atoms with Gasteiger partial charge in [0.15, 0.2) is 11.5 Å². The van der Waals surface area contributed by atoms with E-state index in [2.05, 4.69) is 41.8 Å². The molecule has 1 atom stereocenters. The molecule has 0 fully saturated rings. The average Bonchev–Trinajstić information content (AvgIpc) is 3.17. The molecule has 0 aliphatic heterocycles. The van der Waals surface area contributed by atoms with Gasteiger partial charge in [-0.3, -0.25) is 0 Å². The molecular weight excluding hydrogens is 487 g/mol. The summed E-state index contributed by atoms with van der Waals surface area (Å²) in [4.78, 5) is 13.3. The molecule has 3 aromatic rings. The Labute approximate surface area is 213 Å². The van der Waals surface area contributed by atoms with E-state index < -0.39 is 5.82 Å². The van der Waals surface area contributed by atoms with Gasteiger partial charge in [0.05, 0.1) is 18.4 Å². The molecule has 6 nitrogen and oxygen atoms in total. The van der Waals surface area contributed by atoms with E-state index >= 15 is 0 Å². The van der Waals surface area contributed by atoms with Crippen molar-refractivity contribution >= 4 is 34.2 Å². The van der Waals surface area contributed by atoms with Gasteiger partial charge in [-0.2, -0.15) is 14.6 Å². The van der Waals surface area contributed by atoms with Crippen LogP contribution in [0, 0.1) is 28.5 Å². The highest BCUT2D eigenvalue weighted by Gasteiger charge is 2.32. The first-order valence-corrected chi connectivity index (χ1v) is 12.6. The maximum absolute atomic E-state index is 14.0. The number of nitrogens with zero attached hydrogens (tertiary/aromatic N) is 4. The maximum atomic E-state index is 14.0. The van der Waals surface area contributed by atoms with E-state index in [1.54, 1.807) is 35.8 Å². The number of rotatable bonds is 6. The Morgan fingerprint density at radius 1 is 1.34 bits per heavy atom. The van der Waals surface area contributed by atoms with Gasteiger partial charge in [-0.05, 0) is 78.4 Å². The van der Waals surface area contributed by atoms with Gasteiger partial charge in [-0.1, -0.05) is 20.8 Å². The predicted molar refractivity (Wildman–Crippen MR) is 136 cm³/mol. The molecule has 0 bridgehead atoms. The van der Waals surface area contributed by atoms with Gasteiger partial charge in [0.1, 0.15) is 11.1 Å². The van der Waals surface area contributed by atoms with Gasteiger partial charge >= 0.3 is 0 Å². The maximum Gasteiger partial charge on any atom is 0.260 e. The van der Waals surface area contributed by atoms with Gasteiger partial charge in [0.2, 0.25) is 11.1 Å². The molecule has 35 heavy (non-hydrogen) atoms. The minimum atomic E-state index is -0.734. The van der Waals surface area contributed by atoms with E-state index in [9.17, 15) is 9.65 Å². The first-order valence-electron chi connectivity index (χ1n) is 11.4. The zero-order valence-electron chi connectivity index (χ0n) is 20.1. The minimum Gasteiger partial charge on any atom is -0.490 e. The Morgan fingerprint density at radius 3 is 2.86 bits per heavy atom. The molecule has 182 valence electrons. The number of aromatic nitrogens is 2. The lowest BCUT2D eigenvalue weighted by Gasteiger charge is -2.33. The predicted octanol–water partition coefficient (Wildman–Crippen LogP) is 7.29. The molecule has 2 heterocycles. The van der Waals surface area contributed by atoms with E-state index in [0.29, 0.717) is 23.8 Å². The molecular formula is C26H26ClFN4O2S. The monoisotopic (exact) mass is 512 g/mol. The number of aliphatic imine (C=N–C) groups is 1. The molecule has 4 rings (SSSR count). The highest BCUT2D eigenvalue weighted by molar-refractivity contribution is 7.16. The summed E-state index contributed by atoms with van der Waals surface area (Å²) in [5.41, 5.74) is 2.81. The normalized spacial score (nSPS) is 15.6. The standard InChI is InChI=1S/C26H26ClFN4O2S/c1-5-33-21-10-15(6-9-20(21)34-23-19(28)14-31-25(27)32-23)13-30-24-18(12-29)17-8-7-16(26(2,3)4)11-22(17)35-24/h6,9-10,13-14,16H,5,7-8,11H2,1-4H3/t16-/m0/s1. The van der Waals surface area contributed by atoms with Crippen LogP contribution in [-0.2, 0) is 12.8 Å². The summed E-state index contributed by atoms with van der Waals surface area (Å²) in [5, 5.41) is 10.4. The first kappa shape index (κ1) is 25.1. The van der Waals surface area contributed by atoms with Gasteiger partial charge in [-0.15, -0.1) is 11.3 Å². The third-order valence-corrected chi connectivity index (χ3v) is 7.42. The largest absolute Gasteiger partial charge is 0.490 e. The van der Waals surface area contributed by atoms with Crippen LogP contribution in [0.2, 0.25) is 5.28 Å². The fraction of sp³-hybridized carbons (Fsp3) is 0.385. The van der Waals surface area contributed by atoms with Gasteiger partial charge in [-0.25, -0.2) is 9.98 Å². The molecule has 0 saturated heterocycles. The second kappa shape index (κ2) is 10.3. The van der Waals surface area contributed by atoms with Crippen LogP contribution in [0.3, 0.4) is 0 Å². The lowest BCUT2D eigenvalue weighted by molar-refractivity contribution is 0.218. The van der Waals surface area contributed by atoms with Gasteiger partial charge < -0.3 is 9.47 Å². The Balaban J connectivity index is 1.60. The molecule has 1 aliphatic carbocycles. The quantitative estimate of drug-likeness (QED) is 0.256. The topological polar surface area (TPSA) is 80.4 Å². The number of hydrogen-bond acceptors (Lipinski definition) is 7. The Morgan fingerprint density at radius 2 is 2.14 bits per heavy atom. The van der Waals surface area contributed by atoms with Crippen molar-refractivity contribution < 1.29 is 13.9 Å². The molecule has 0 amide bonds. The number of ether oxygens (including phenoxy) is 2. The highest BCUT2D eigenvalue weighted by atomic mass is 35.5. The van der Waals surface area contributed by atoms with E-state index in [-0.39, 0.29) is 22.3 Å². The number of nitriles is 1. The van der Waals surface area contributed by atoms with Crippen LogP contribution in [0.5, 0.6) is 17.4 Å². The van der Waals surface area contributed by atoms with Crippen LogP contribution >= 0.6 is 22.9 Å². The molecule has 9 heteroatoms. The van der Waals surface area contributed by atoms with Crippen molar-refractivity contribution in [1.82, 2.24) is 9.97 Å². The number of halogens is 2. The second-order valence-corrected chi connectivity index (χ2v) is 10.8. The van der Waals surface area contributed by atoms with E-state index in [4.69, 9.17) is 21.1 Å². The van der Waals surface area contributed by atoms with E-state index in [1.807, 2.05) is 6.92 Å². The van der Waals surface area contributed by atoms with Crippen molar-refractivity contribution in [3.8, 4) is 23.4 Å². The van der Waals surface area contributed by atoms with E-state index in [1.165, 1.54) is 4.88 Å². The Bertz CT molecular complexity index is 1310. The van der Waals surface area contributed by atoms with Crippen molar-refractivity contribution in [1.29, 1.82) is 5.26 Å². The highest BCUT2D eigenvalue weighted by Crippen LogP contribution is 2.45. The zero-order chi connectivity index (χ0) is 25.2. The molecule has 0 spiro atoms. The smallest absolute Gasteiger partial charge is 0.260 e. The van der Waals surface area contributed by atoms with Crippen molar-refractivity contribution in [2.45, 2.75) is 47.0 Å². The van der Waals surface area contributed by atoms with Crippen LogP contribution in [0.25, 0.3) is 0 Å². The fourth-order valence-corrected chi connectivity index (χ4v) is 5.46. The van der Waals surface area contributed by atoms with Crippen LogP contribution in [0.15, 0.2) is 29.4 Å². The summed E-state index contributed by atoms with van der Waals surface area (Å²) >= 11 is 7.36. The summed E-state index contributed by atoms with van der Waals surface area (Å²) in [6.07, 6.45) is 5.63. The average molecular weight is 513 g/mol. The van der Waals surface area contributed by atoms with Crippen LogP contribution in [0.4, 0.5) is 9.39 Å². The van der Waals surface area contributed by atoms with Crippen molar-refractivity contribution in [2.75, 3.05) is 6.61 Å². The van der Waals surface area contributed by atoms with Gasteiger partial charge in [0, 0.05) is 11.1 Å². The summed E-state index contributed by atoms with van der Waals surface area (Å²) in [6.45, 7) is 9.05. The lowest BCUT2D eigenvalue weighted by atomic mass is 9.72. The second-order valence-electron chi connectivity index (χ2n) is 9.39. The Hall–Kier alpha value is -3.02. The van der Waals surface area contributed by atoms with Crippen LogP contribution in [0.1, 0.15) is 55.7 Å². The molecule has 0 unspecified atom stereocenters. The molecule has 0 saturated carbocycles. The third-order valence-electron chi connectivity index (χ3n) is 6.07. The first-order chi connectivity index (χ1) is 16.7. The zero-order valence-corrected chi connectivity index (χ0v) is 21.6. The Kier molecular flexibility index (Phi) is 7.39. The molecule has 2 aromatic heterocycles. The summed E-state index contributed by atoms with van der Waals surface area (Å²) in [5.74, 6) is 0.262. The lowest BCUT2D eigenvalue weighted by Crippen LogP contribution is -2.26. The SMILES string of the molecule is CCOc1cc(C=Nc2sc3c(c2C#N)CC[C@H](C(C)(C)C)C3)ccc1Oc1nc(Cl)ncc1F. The number of fused-ring (bicyclic) bond motifs is 1. The van der Waals surface area contributed by atoms with Gasteiger partial charge in [0.25, 0.3) is 5.88 Å².